The number of fused-ring (bicyclic) bond motifs is 6. The van der Waals surface area contributed by atoms with Gasteiger partial charge in [0.05, 0.1) is 67.3 Å². The van der Waals surface area contributed by atoms with E-state index in [-0.39, 0.29) is 16.9 Å². The van der Waals surface area contributed by atoms with Crippen molar-refractivity contribution in [1.29, 1.82) is 0 Å². The lowest BCUT2D eigenvalue weighted by atomic mass is 9.97. The Kier molecular flexibility index (Phi) is 13.6. The van der Waals surface area contributed by atoms with Crippen LogP contribution in [0.25, 0.3) is 156 Å². The Bertz CT molecular complexity index is 5230. The molecule has 16 aromatic rings. The summed E-state index contributed by atoms with van der Waals surface area (Å²) < 4.78 is 89.6. The molecule has 0 saturated carbocycles. The van der Waals surface area contributed by atoms with Crippen LogP contribution in [0.2, 0.25) is 0 Å². The van der Waals surface area contributed by atoms with Gasteiger partial charge in [0.2, 0.25) is 0 Å². The minimum Gasteiger partial charge on any atom is -0.309 e. The Labute approximate surface area is 525 Å². The third kappa shape index (κ3) is 9.93. The van der Waals surface area contributed by atoms with Gasteiger partial charge in [0, 0.05) is 74.1 Å². The molecule has 0 spiro atoms. The minimum atomic E-state index is -5.06. The average molecular weight is 1200 g/mol. The molecule has 6 heterocycles. The largest absolute Gasteiger partial charge is 0.418 e. The maximum Gasteiger partial charge on any atom is 0.418 e. The van der Waals surface area contributed by atoms with E-state index in [0.717, 1.165) is 85.2 Å². The van der Waals surface area contributed by atoms with E-state index < -0.39 is 28.9 Å². The van der Waals surface area contributed by atoms with Crippen LogP contribution in [0.3, 0.4) is 0 Å². The van der Waals surface area contributed by atoms with Gasteiger partial charge in [-0.25, -0.2) is 8.78 Å². The van der Waals surface area contributed by atoms with Crippen molar-refractivity contribution in [1.82, 2.24) is 29.1 Å². The third-order valence-electron chi connectivity index (χ3n) is 17.3. The van der Waals surface area contributed by atoms with Gasteiger partial charge < -0.3 is 9.13 Å². The van der Waals surface area contributed by atoms with E-state index in [1.807, 2.05) is 243 Å². The van der Waals surface area contributed by atoms with Gasteiger partial charge in [-0.2, -0.15) is 13.2 Å². The van der Waals surface area contributed by atoms with Gasteiger partial charge in [-0.1, -0.05) is 176 Å². The molecule has 0 unspecified atom stereocenters. The second-order valence-electron chi connectivity index (χ2n) is 22.8. The van der Waals surface area contributed by atoms with Crippen LogP contribution < -0.4 is 0 Å². The topological polar surface area (TPSA) is 61.4 Å². The number of alkyl halides is 3. The van der Waals surface area contributed by atoms with Gasteiger partial charge in [0.15, 0.2) is 0 Å². The van der Waals surface area contributed by atoms with Gasteiger partial charge in [0.25, 0.3) is 0 Å². The van der Waals surface area contributed by atoms with Crippen molar-refractivity contribution in [2.45, 2.75) is 6.18 Å². The standard InChI is InChI=1S/C81H49F5N6/c82-68-22-13-23-69(83)80(68)66-48-79(92-76-46-56(60-34-38-89-72(42-60)52-18-9-3-10-19-52)26-30-64(76)65-31-27-57(47-77(65)92)61-35-39-90-73(43-61)53-20-11-4-12-21-53)67(81(84,85)86)49-78(66)91-74-44-54(58-32-36-87-70(40-58)50-14-5-1-6-15-50)24-28-62(74)63-29-25-55(45-75(63)91)59-33-37-88-71(41-59)51-16-7-2-8-17-51/h1-49H. The van der Waals surface area contributed by atoms with Crippen molar-refractivity contribution < 1.29 is 22.0 Å². The first-order chi connectivity index (χ1) is 45.1. The van der Waals surface area contributed by atoms with E-state index >= 15 is 22.0 Å². The first-order valence-electron chi connectivity index (χ1n) is 30.0. The molecule has 438 valence electrons. The van der Waals surface area contributed by atoms with Gasteiger partial charge in [0.1, 0.15) is 11.6 Å². The van der Waals surface area contributed by atoms with Gasteiger partial charge in [-0.3, -0.25) is 19.9 Å². The highest BCUT2D eigenvalue weighted by molar-refractivity contribution is 6.13. The fraction of sp³-hybridized carbons (Fsp3) is 0.0123. The number of nitrogens with zero attached hydrogens (tertiary/aromatic N) is 6. The second kappa shape index (κ2) is 22.6. The normalized spacial score (nSPS) is 11.8. The van der Waals surface area contributed by atoms with Crippen molar-refractivity contribution in [3.05, 3.63) is 315 Å². The number of pyridine rings is 4. The highest BCUT2D eigenvalue weighted by Gasteiger charge is 2.38. The van der Waals surface area contributed by atoms with E-state index in [1.165, 1.54) is 12.1 Å². The summed E-state index contributed by atoms with van der Waals surface area (Å²) in [6.07, 6.45) is 1.83. The molecule has 0 radical (unpaired) electrons. The second-order valence-corrected chi connectivity index (χ2v) is 22.8. The molecule has 11 heteroatoms. The summed E-state index contributed by atoms with van der Waals surface area (Å²) in [5.41, 5.74) is 12.3. The Morgan fingerprint density at radius 2 is 0.554 bits per heavy atom. The highest BCUT2D eigenvalue weighted by atomic mass is 19.4. The Morgan fingerprint density at radius 3 is 0.859 bits per heavy atom. The molecule has 0 atom stereocenters. The van der Waals surface area contributed by atoms with E-state index in [4.69, 9.17) is 9.97 Å². The van der Waals surface area contributed by atoms with E-state index in [0.29, 0.717) is 66.1 Å². The van der Waals surface area contributed by atoms with Crippen LogP contribution in [0.4, 0.5) is 22.0 Å². The fourth-order valence-corrected chi connectivity index (χ4v) is 12.9. The number of benzene rings is 10. The summed E-state index contributed by atoms with van der Waals surface area (Å²) in [7, 11) is 0. The molecular formula is C81H49F5N6. The lowest BCUT2D eigenvalue weighted by Gasteiger charge is -2.23. The summed E-state index contributed by atoms with van der Waals surface area (Å²) >= 11 is 0. The zero-order valence-electron chi connectivity index (χ0n) is 48.9. The van der Waals surface area contributed by atoms with Crippen molar-refractivity contribution >= 4 is 43.6 Å². The first-order valence-corrected chi connectivity index (χ1v) is 30.0. The molecule has 92 heavy (non-hydrogen) atoms. The first kappa shape index (κ1) is 55.4. The van der Waals surface area contributed by atoms with Crippen LogP contribution in [0, 0.1) is 11.6 Å². The fourth-order valence-electron chi connectivity index (χ4n) is 12.9. The van der Waals surface area contributed by atoms with E-state index in [2.05, 4.69) is 9.97 Å². The SMILES string of the molecule is Fc1cccc(F)c1-c1cc(-n2c3cc(-c4ccnc(-c5ccccc5)c4)ccc3c3ccc(-c4ccnc(-c5ccccc5)c4)cc32)c(C(F)(F)F)cc1-n1c2cc(-c3ccnc(-c4ccccc4)c3)ccc2c2ccc(-c3ccnc(-c4ccccc4)c3)cc21. The zero-order chi connectivity index (χ0) is 62.0. The van der Waals surface area contributed by atoms with Crippen LogP contribution in [-0.4, -0.2) is 29.1 Å². The predicted octanol–water partition coefficient (Wildman–Crippen LogP) is 21.8. The summed E-state index contributed by atoms with van der Waals surface area (Å²) in [5.74, 6) is -1.92. The van der Waals surface area contributed by atoms with Gasteiger partial charge in [-0.05, 0) is 142 Å². The molecule has 0 N–H and O–H groups in total. The number of aromatic nitrogens is 6. The lowest BCUT2D eigenvalue weighted by Crippen LogP contribution is -2.14. The van der Waals surface area contributed by atoms with Crippen LogP contribution in [-0.2, 0) is 6.18 Å². The zero-order valence-corrected chi connectivity index (χ0v) is 48.9. The van der Waals surface area contributed by atoms with Crippen molar-refractivity contribution in [2.75, 3.05) is 0 Å². The summed E-state index contributed by atoms with van der Waals surface area (Å²) in [5, 5.41) is 2.71. The molecule has 6 nitrogen and oxygen atoms in total. The molecular weight excluding hydrogens is 1150 g/mol. The molecule has 0 fully saturated rings. The smallest absolute Gasteiger partial charge is 0.309 e. The average Bonchev–Trinajstić information content (AvgIpc) is 1.56. The molecule has 16 rings (SSSR count). The minimum absolute atomic E-state index is 0.101. The highest BCUT2D eigenvalue weighted by Crippen LogP contribution is 2.48. The summed E-state index contributed by atoms with van der Waals surface area (Å²) in [4.78, 5) is 18.8. The summed E-state index contributed by atoms with van der Waals surface area (Å²) in [6.45, 7) is 0. The van der Waals surface area contributed by atoms with Crippen LogP contribution in [0.15, 0.2) is 298 Å². The van der Waals surface area contributed by atoms with Crippen molar-refractivity contribution in [2.24, 2.45) is 0 Å². The Morgan fingerprint density at radius 1 is 0.261 bits per heavy atom. The molecule has 0 amide bonds. The molecule has 10 aromatic carbocycles. The number of hydrogen-bond donors (Lipinski definition) is 0. The van der Waals surface area contributed by atoms with Crippen LogP contribution in [0.1, 0.15) is 5.56 Å². The maximum atomic E-state index is 17.3. The van der Waals surface area contributed by atoms with Crippen LogP contribution in [0.5, 0.6) is 0 Å². The van der Waals surface area contributed by atoms with E-state index in [9.17, 15) is 0 Å². The Balaban J connectivity index is 0.994. The quantitative estimate of drug-likeness (QED) is 0.121. The molecule has 0 aliphatic heterocycles. The predicted molar refractivity (Wildman–Crippen MR) is 360 cm³/mol. The van der Waals surface area contributed by atoms with E-state index in [1.54, 1.807) is 33.9 Å². The van der Waals surface area contributed by atoms with Crippen molar-refractivity contribution in [3.8, 4) is 112 Å². The lowest BCUT2D eigenvalue weighted by molar-refractivity contribution is -0.137. The number of halogens is 5. The number of hydrogen-bond acceptors (Lipinski definition) is 4. The maximum absolute atomic E-state index is 17.3. The molecule has 0 aliphatic carbocycles. The Hall–Kier alpha value is -12.0. The van der Waals surface area contributed by atoms with Crippen molar-refractivity contribution in [3.63, 3.8) is 0 Å². The van der Waals surface area contributed by atoms with Crippen LogP contribution >= 0.6 is 0 Å². The molecule has 0 saturated heterocycles. The number of rotatable bonds is 11. The monoisotopic (exact) mass is 1200 g/mol. The van der Waals surface area contributed by atoms with Gasteiger partial charge >= 0.3 is 6.18 Å². The molecule has 0 bridgehead atoms. The molecule has 6 aromatic heterocycles. The third-order valence-corrected chi connectivity index (χ3v) is 17.3. The molecule has 0 aliphatic rings. The summed E-state index contributed by atoms with van der Waals surface area (Å²) in [6, 6.07) is 83.6. The van der Waals surface area contributed by atoms with Gasteiger partial charge in [-0.15, -0.1) is 0 Å².